The molecule has 6 heteroatoms. The molecule has 0 bridgehead atoms. The van der Waals surface area contributed by atoms with Gasteiger partial charge in [0.15, 0.2) is 11.5 Å². The predicted octanol–water partition coefficient (Wildman–Crippen LogP) is 3.67. The predicted molar refractivity (Wildman–Crippen MR) is 115 cm³/mol. The number of hydrogen-bond acceptors (Lipinski definition) is 6. The van der Waals surface area contributed by atoms with Gasteiger partial charge in [0.2, 0.25) is 6.79 Å². The van der Waals surface area contributed by atoms with Gasteiger partial charge >= 0.3 is 0 Å². The summed E-state index contributed by atoms with van der Waals surface area (Å²) in [5.41, 5.74) is 5.06. The molecule has 0 saturated heterocycles. The van der Waals surface area contributed by atoms with Crippen molar-refractivity contribution in [3.63, 3.8) is 0 Å². The standard InChI is InChI=1S/C24H25N3O3/c1-28-21-12-23-22(29-16-30-23)11-20(21)14-25-13-18-7-4-9-26-24(18)27-10-8-17-5-2-3-6-19(17)15-27/h2-7,9,11-12,25H,8,10,13-16H2,1H3. The Kier molecular flexibility index (Phi) is 5.15. The molecule has 3 aromatic rings. The molecule has 0 unspecified atom stereocenters. The number of pyridine rings is 1. The fraction of sp³-hybridized carbons (Fsp3) is 0.292. The van der Waals surface area contributed by atoms with E-state index in [0.717, 1.165) is 54.7 Å². The molecule has 1 aromatic heterocycles. The van der Waals surface area contributed by atoms with E-state index in [-0.39, 0.29) is 6.79 Å². The second-order valence-electron chi connectivity index (χ2n) is 7.55. The Morgan fingerprint density at radius 3 is 2.67 bits per heavy atom. The number of rotatable bonds is 6. The molecule has 0 aliphatic carbocycles. The van der Waals surface area contributed by atoms with Gasteiger partial charge in [-0.2, -0.15) is 0 Å². The number of aromatic nitrogens is 1. The van der Waals surface area contributed by atoms with Crippen molar-refractivity contribution in [2.24, 2.45) is 0 Å². The Morgan fingerprint density at radius 1 is 1.00 bits per heavy atom. The summed E-state index contributed by atoms with van der Waals surface area (Å²) in [5.74, 6) is 3.35. The first-order valence-corrected chi connectivity index (χ1v) is 10.2. The lowest BCUT2D eigenvalue weighted by atomic mass is 9.99. The molecular formula is C24H25N3O3. The molecule has 2 aliphatic rings. The minimum atomic E-state index is 0.257. The van der Waals surface area contributed by atoms with E-state index >= 15 is 0 Å². The topological polar surface area (TPSA) is 55.9 Å². The van der Waals surface area contributed by atoms with Crippen molar-refractivity contribution in [1.82, 2.24) is 10.3 Å². The summed E-state index contributed by atoms with van der Waals surface area (Å²) in [6.45, 7) is 3.52. The average Bonchev–Trinajstić information content (AvgIpc) is 3.26. The zero-order valence-electron chi connectivity index (χ0n) is 17.1. The van der Waals surface area contributed by atoms with Gasteiger partial charge in [-0.05, 0) is 29.7 Å². The van der Waals surface area contributed by atoms with Gasteiger partial charge in [-0.15, -0.1) is 0 Å². The van der Waals surface area contributed by atoms with Crippen LogP contribution >= 0.6 is 0 Å². The third kappa shape index (κ3) is 3.66. The Hall–Kier alpha value is -3.25. The molecule has 0 fully saturated rings. The van der Waals surface area contributed by atoms with Gasteiger partial charge in [0.25, 0.3) is 0 Å². The van der Waals surface area contributed by atoms with Gasteiger partial charge in [-0.3, -0.25) is 0 Å². The SMILES string of the molecule is COc1cc2c(cc1CNCc1cccnc1N1CCc3ccccc3C1)OCO2. The van der Waals surface area contributed by atoms with Crippen molar-refractivity contribution in [2.45, 2.75) is 26.1 Å². The number of ether oxygens (including phenoxy) is 3. The lowest BCUT2D eigenvalue weighted by molar-refractivity contribution is 0.174. The first-order valence-electron chi connectivity index (χ1n) is 10.2. The number of nitrogens with one attached hydrogen (secondary N) is 1. The number of benzene rings is 2. The van der Waals surface area contributed by atoms with E-state index in [0.29, 0.717) is 6.54 Å². The monoisotopic (exact) mass is 403 g/mol. The van der Waals surface area contributed by atoms with Crippen LogP contribution in [0.3, 0.4) is 0 Å². The summed E-state index contributed by atoms with van der Waals surface area (Å²) in [6, 6.07) is 16.7. The summed E-state index contributed by atoms with van der Waals surface area (Å²) in [6.07, 6.45) is 2.92. The van der Waals surface area contributed by atoms with Crippen LogP contribution in [0, 0.1) is 0 Å². The molecule has 1 N–H and O–H groups in total. The maximum atomic E-state index is 5.53. The van der Waals surface area contributed by atoms with Crippen LogP contribution in [-0.4, -0.2) is 25.4 Å². The maximum absolute atomic E-state index is 5.53. The van der Waals surface area contributed by atoms with Gasteiger partial charge < -0.3 is 24.4 Å². The molecule has 5 rings (SSSR count). The summed E-state index contributed by atoms with van der Waals surface area (Å²) < 4.78 is 16.5. The molecule has 6 nitrogen and oxygen atoms in total. The second kappa shape index (κ2) is 8.24. The van der Waals surface area contributed by atoms with Gasteiger partial charge in [-0.1, -0.05) is 30.3 Å². The first-order chi connectivity index (χ1) is 14.8. The Morgan fingerprint density at radius 2 is 1.80 bits per heavy atom. The number of anilines is 1. The van der Waals surface area contributed by atoms with Gasteiger partial charge in [0, 0.05) is 49.6 Å². The molecule has 2 aromatic carbocycles. The Bertz CT molecular complexity index is 1050. The van der Waals surface area contributed by atoms with E-state index in [1.54, 1.807) is 7.11 Å². The van der Waals surface area contributed by atoms with Crippen molar-refractivity contribution >= 4 is 5.82 Å². The van der Waals surface area contributed by atoms with Crippen LogP contribution in [0.25, 0.3) is 0 Å². The van der Waals surface area contributed by atoms with Crippen molar-refractivity contribution < 1.29 is 14.2 Å². The molecule has 0 radical (unpaired) electrons. The highest BCUT2D eigenvalue weighted by Crippen LogP contribution is 2.38. The Labute approximate surface area is 176 Å². The van der Waals surface area contributed by atoms with Crippen molar-refractivity contribution in [3.8, 4) is 17.2 Å². The van der Waals surface area contributed by atoms with Gasteiger partial charge in [0.05, 0.1) is 7.11 Å². The highest BCUT2D eigenvalue weighted by molar-refractivity contribution is 5.52. The van der Waals surface area contributed by atoms with Crippen LogP contribution in [0.2, 0.25) is 0 Å². The summed E-state index contributed by atoms with van der Waals surface area (Å²) in [5, 5.41) is 3.54. The molecule has 0 amide bonds. The molecule has 0 saturated carbocycles. The summed E-state index contributed by atoms with van der Waals surface area (Å²) >= 11 is 0. The molecule has 0 atom stereocenters. The van der Waals surface area contributed by atoms with Gasteiger partial charge in [0.1, 0.15) is 11.6 Å². The number of nitrogens with zero attached hydrogens (tertiary/aromatic N) is 2. The molecule has 2 aliphatic heterocycles. The minimum absolute atomic E-state index is 0.257. The zero-order chi connectivity index (χ0) is 20.3. The number of hydrogen-bond donors (Lipinski definition) is 1. The van der Waals surface area contributed by atoms with E-state index in [1.807, 2.05) is 24.4 Å². The van der Waals surface area contributed by atoms with E-state index < -0.39 is 0 Å². The number of fused-ring (bicyclic) bond motifs is 2. The smallest absolute Gasteiger partial charge is 0.231 e. The fourth-order valence-electron chi connectivity index (χ4n) is 4.15. The van der Waals surface area contributed by atoms with E-state index in [9.17, 15) is 0 Å². The van der Waals surface area contributed by atoms with Crippen LogP contribution < -0.4 is 24.4 Å². The van der Waals surface area contributed by atoms with E-state index in [4.69, 9.17) is 19.2 Å². The Balaban J connectivity index is 1.29. The third-order valence-corrected chi connectivity index (χ3v) is 5.70. The number of methoxy groups -OCH3 is 1. The summed E-state index contributed by atoms with van der Waals surface area (Å²) in [4.78, 5) is 7.08. The zero-order valence-corrected chi connectivity index (χ0v) is 17.1. The molecule has 0 spiro atoms. The van der Waals surface area contributed by atoms with E-state index in [2.05, 4.69) is 40.5 Å². The van der Waals surface area contributed by atoms with Crippen molar-refractivity contribution in [1.29, 1.82) is 0 Å². The highest BCUT2D eigenvalue weighted by Gasteiger charge is 2.20. The maximum Gasteiger partial charge on any atom is 0.231 e. The molecule has 30 heavy (non-hydrogen) atoms. The molecule has 3 heterocycles. The lowest BCUT2D eigenvalue weighted by Gasteiger charge is -2.31. The quantitative estimate of drug-likeness (QED) is 0.678. The molecular weight excluding hydrogens is 378 g/mol. The van der Waals surface area contributed by atoms with Gasteiger partial charge in [-0.25, -0.2) is 4.98 Å². The normalized spacial score (nSPS) is 14.5. The minimum Gasteiger partial charge on any atom is -0.496 e. The average molecular weight is 403 g/mol. The van der Waals surface area contributed by atoms with Crippen molar-refractivity contribution in [2.75, 3.05) is 25.3 Å². The van der Waals surface area contributed by atoms with Crippen LogP contribution in [-0.2, 0) is 26.1 Å². The van der Waals surface area contributed by atoms with Crippen LogP contribution in [0.15, 0.2) is 54.7 Å². The molecule has 154 valence electrons. The van der Waals surface area contributed by atoms with E-state index in [1.165, 1.54) is 16.7 Å². The second-order valence-corrected chi connectivity index (χ2v) is 7.55. The van der Waals surface area contributed by atoms with Crippen LogP contribution in [0.5, 0.6) is 17.2 Å². The van der Waals surface area contributed by atoms with Crippen molar-refractivity contribution in [3.05, 3.63) is 77.0 Å². The van der Waals surface area contributed by atoms with Crippen LogP contribution in [0.4, 0.5) is 5.82 Å². The highest BCUT2D eigenvalue weighted by atomic mass is 16.7. The summed E-state index contributed by atoms with van der Waals surface area (Å²) in [7, 11) is 1.68. The fourth-order valence-corrected chi connectivity index (χ4v) is 4.15. The first kappa shape index (κ1) is 18.8. The lowest BCUT2D eigenvalue weighted by Crippen LogP contribution is -2.32. The van der Waals surface area contributed by atoms with Crippen LogP contribution in [0.1, 0.15) is 22.3 Å². The largest absolute Gasteiger partial charge is 0.496 e. The third-order valence-electron chi connectivity index (χ3n) is 5.70.